The van der Waals surface area contributed by atoms with Crippen LogP contribution in [0.4, 0.5) is 0 Å². The molecule has 1 amide bonds. The second kappa shape index (κ2) is 6.62. The molecule has 2 bridgehead atoms. The summed E-state index contributed by atoms with van der Waals surface area (Å²) < 4.78 is 0. The molecular formula is C19H28N2O2. The smallest absolute Gasteiger partial charge is 0.251 e. The number of carbonyl (C=O) groups excluding carboxylic acids is 1. The van der Waals surface area contributed by atoms with E-state index in [1.165, 1.54) is 25.9 Å². The van der Waals surface area contributed by atoms with Crippen molar-refractivity contribution < 1.29 is 9.90 Å². The summed E-state index contributed by atoms with van der Waals surface area (Å²) >= 11 is 0. The maximum Gasteiger partial charge on any atom is 0.251 e. The third kappa shape index (κ3) is 4.33. The van der Waals surface area contributed by atoms with Crippen LogP contribution in [0.15, 0.2) is 24.3 Å². The highest BCUT2D eigenvalue weighted by Gasteiger charge is 2.34. The van der Waals surface area contributed by atoms with Crippen LogP contribution in [-0.2, 0) is 6.42 Å². The summed E-state index contributed by atoms with van der Waals surface area (Å²) in [6.07, 6.45) is 3.96. The summed E-state index contributed by atoms with van der Waals surface area (Å²) in [7, 11) is 0. The lowest BCUT2D eigenvalue weighted by atomic mass is 9.84. The molecule has 0 saturated carbocycles. The Morgan fingerprint density at radius 1 is 1.26 bits per heavy atom. The van der Waals surface area contributed by atoms with E-state index in [4.69, 9.17) is 0 Å². The van der Waals surface area contributed by atoms with E-state index in [1.807, 2.05) is 38.1 Å². The number of hydrogen-bond donors (Lipinski definition) is 2. The van der Waals surface area contributed by atoms with Gasteiger partial charge in [0.25, 0.3) is 5.91 Å². The number of fused-ring (bicyclic) bond motifs is 3. The highest BCUT2D eigenvalue weighted by molar-refractivity contribution is 5.94. The normalized spacial score (nSPS) is 27.0. The van der Waals surface area contributed by atoms with Crippen LogP contribution in [0.3, 0.4) is 0 Å². The SMILES string of the molecule is CC(C)(O)CCc1ccc(C(=O)NC2CN3CCC2CC3)cc1. The summed E-state index contributed by atoms with van der Waals surface area (Å²) in [6.45, 7) is 7.02. The maximum absolute atomic E-state index is 12.4. The molecule has 4 rings (SSSR count). The molecule has 0 spiro atoms. The molecule has 4 heteroatoms. The van der Waals surface area contributed by atoms with Crippen molar-refractivity contribution in [3.8, 4) is 0 Å². The van der Waals surface area contributed by atoms with Crippen LogP contribution in [0.25, 0.3) is 0 Å². The third-order valence-corrected chi connectivity index (χ3v) is 5.21. The molecule has 126 valence electrons. The topological polar surface area (TPSA) is 52.6 Å². The first kappa shape index (κ1) is 16.5. The van der Waals surface area contributed by atoms with E-state index in [-0.39, 0.29) is 5.91 Å². The van der Waals surface area contributed by atoms with E-state index < -0.39 is 5.60 Å². The number of rotatable bonds is 5. The van der Waals surface area contributed by atoms with Gasteiger partial charge in [0, 0.05) is 18.2 Å². The van der Waals surface area contributed by atoms with Gasteiger partial charge in [-0.3, -0.25) is 4.79 Å². The Labute approximate surface area is 138 Å². The first-order valence-electron chi connectivity index (χ1n) is 8.75. The van der Waals surface area contributed by atoms with Crippen LogP contribution >= 0.6 is 0 Å². The number of aryl methyl sites for hydroxylation is 1. The fourth-order valence-corrected chi connectivity index (χ4v) is 3.65. The van der Waals surface area contributed by atoms with Gasteiger partial charge in [-0.25, -0.2) is 0 Å². The zero-order valence-electron chi connectivity index (χ0n) is 14.2. The van der Waals surface area contributed by atoms with Gasteiger partial charge in [0.1, 0.15) is 0 Å². The fourth-order valence-electron chi connectivity index (χ4n) is 3.65. The van der Waals surface area contributed by atoms with Gasteiger partial charge in [0.15, 0.2) is 0 Å². The number of nitrogens with one attached hydrogen (secondary N) is 1. The molecular weight excluding hydrogens is 288 g/mol. The molecule has 1 aromatic rings. The molecule has 1 aromatic carbocycles. The first-order valence-corrected chi connectivity index (χ1v) is 8.75. The maximum atomic E-state index is 12.4. The Balaban J connectivity index is 1.55. The minimum Gasteiger partial charge on any atom is -0.390 e. The highest BCUT2D eigenvalue weighted by Crippen LogP contribution is 2.27. The second-order valence-corrected chi connectivity index (χ2v) is 7.73. The Kier molecular flexibility index (Phi) is 4.74. The molecule has 3 aliphatic rings. The molecule has 4 nitrogen and oxygen atoms in total. The predicted molar refractivity (Wildman–Crippen MR) is 91.5 cm³/mol. The fraction of sp³-hybridized carbons (Fsp3) is 0.632. The lowest BCUT2D eigenvalue weighted by Gasteiger charge is -2.44. The standard InChI is InChI=1S/C19H28N2O2/c1-19(2,23)10-7-14-3-5-16(6-4-14)18(22)20-17-13-21-11-8-15(17)9-12-21/h3-6,15,17,23H,7-13H2,1-2H3,(H,20,22). The molecule has 3 saturated heterocycles. The van der Waals surface area contributed by atoms with Crippen molar-refractivity contribution in [1.29, 1.82) is 0 Å². The predicted octanol–water partition coefficient (Wildman–Crippen LogP) is 2.21. The molecule has 0 aliphatic carbocycles. The first-order chi connectivity index (χ1) is 10.9. The number of nitrogens with zero attached hydrogens (tertiary/aromatic N) is 1. The molecule has 3 aliphatic heterocycles. The lowest BCUT2D eigenvalue weighted by molar-refractivity contribution is 0.0620. The number of carbonyl (C=O) groups is 1. The summed E-state index contributed by atoms with van der Waals surface area (Å²) in [5, 5.41) is 13.0. The number of amides is 1. The summed E-state index contributed by atoms with van der Waals surface area (Å²) in [5.41, 5.74) is 1.24. The molecule has 23 heavy (non-hydrogen) atoms. The van der Waals surface area contributed by atoms with Gasteiger partial charge in [-0.05, 0) is 76.2 Å². The zero-order valence-corrected chi connectivity index (χ0v) is 14.2. The van der Waals surface area contributed by atoms with E-state index in [0.717, 1.165) is 30.5 Å². The van der Waals surface area contributed by atoms with Crippen molar-refractivity contribution in [1.82, 2.24) is 10.2 Å². The van der Waals surface area contributed by atoms with Crippen molar-refractivity contribution in [2.45, 2.75) is 51.2 Å². The van der Waals surface area contributed by atoms with Crippen LogP contribution in [0.1, 0.15) is 49.0 Å². The molecule has 0 radical (unpaired) electrons. The van der Waals surface area contributed by atoms with Gasteiger partial charge in [-0.2, -0.15) is 0 Å². The Morgan fingerprint density at radius 2 is 1.91 bits per heavy atom. The largest absolute Gasteiger partial charge is 0.390 e. The van der Waals surface area contributed by atoms with Gasteiger partial charge in [0.2, 0.25) is 0 Å². The van der Waals surface area contributed by atoms with Gasteiger partial charge < -0.3 is 15.3 Å². The van der Waals surface area contributed by atoms with Crippen molar-refractivity contribution in [2.75, 3.05) is 19.6 Å². The minimum atomic E-state index is -0.647. The van der Waals surface area contributed by atoms with Crippen molar-refractivity contribution >= 4 is 5.91 Å². The molecule has 3 fully saturated rings. The van der Waals surface area contributed by atoms with E-state index in [1.54, 1.807) is 0 Å². The number of piperidine rings is 3. The van der Waals surface area contributed by atoms with Crippen molar-refractivity contribution in [3.05, 3.63) is 35.4 Å². The number of hydrogen-bond acceptors (Lipinski definition) is 3. The molecule has 1 atom stereocenters. The number of aliphatic hydroxyl groups is 1. The molecule has 1 unspecified atom stereocenters. The van der Waals surface area contributed by atoms with Crippen LogP contribution in [0, 0.1) is 5.92 Å². The monoisotopic (exact) mass is 316 g/mol. The van der Waals surface area contributed by atoms with E-state index in [9.17, 15) is 9.90 Å². The lowest BCUT2D eigenvalue weighted by Crippen LogP contribution is -2.57. The van der Waals surface area contributed by atoms with Crippen LogP contribution in [0.2, 0.25) is 0 Å². The Bertz CT molecular complexity index is 539. The minimum absolute atomic E-state index is 0.0396. The molecule has 0 aromatic heterocycles. The van der Waals surface area contributed by atoms with Gasteiger partial charge >= 0.3 is 0 Å². The van der Waals surface area contributed by atoms with Gasteiger partial charge in [-0.1, -0.05) is 12.1 Å². The van der Waals surface area contributed by atoms with E-state index in [0.29, 0.717) is 12.0 Å². The van der Waals surface area contributed by atoms with Gasteiger partial charge in [0.05, 0.1) is 5.60 Å². The third-order valence-electron chi connectivity index (χ3n) is 5.21. The Morgan fingerprint density at radius 3 is 2.43 bits per heavy atom. The van der Waals surface area contributed by atoms with Crippen molar-refractivity contribution in [3.63, 3.8) is 0 Å². The molecule has 3 heterocycles. The second-order valence-electron chi connectivity index (χ2n) is 7.73. The average Bonchev–Trinajstić information content (AvgIpc) is 2.54. The Hall–Kier alpha value is -1.39. The number of benzene rings is 1. The quantitative estimate of drug-likeness (QED) is 0.876. The average molecular weight is 316 g/mol. The summed E-state index contributed by atoms with van der Waals surface area (Å²) in [6, 6.07) is 8.10. The van der Waals surface area contributed by atoms with Crippen LogP contribution in [0.5, 0.6) is 0 Å². The summed E-state index contributed by atoms with van der Waals surface area (Å²) in [4.78, 5) is 14.9. The van der Waals surface area contributed by atoms with E-state index >= 15 is 0 Å². The van der Waals surface area contributed by atoms with Crippen LogP contribution < -0.4 is 5.32 Å². The van der Waals surface area contributed by atoms with Gasteiger partial charge in [-0.15, -0.1) is 0 Å². The zero-order chi connectivity index (χ0) is 16.4. The molecule has 2 N–H and O–H groups in total. The highest BCUT2D eigenvalue weighted by atomic mass is 16.3. The van der Waals surface area contributed by atoms with Crippen LogP contribution in [-0.4, -0.2) is 47.2 Å². The van der Waals surface area contributed by atoms with Crippen molar-refractivity contribution in [2.24, 2.45) is 5.92 Å². The van der Waals surface area contributed by atoms with E-state index in [2.05, 4.69) is 10.2 Å². The summed E-state index contributed by atoms with van der Waals surface area (Å²) in [5.74, 6) is 0.688.